The highest BCUT2D eigenvalue weighted by molar-refractivity contribution is 5.77. The van der Waals surface area contributed by atoms with Crippen molar-refractivity contribution in [2.24, 2.45) is 0 Å². The van der Waals surface area contributed by atoms with E-state index in [9.17, 15) is 4.79 Å². The van der Waals surface area contributed by atoms with Gasteiger partial charge >= 0.3 is 0 Å². The van der Waals surface area contributed by atoms with Crippen LogP contribution in [0.1, 0.15) is 30.4 Å². The van der Waals surface area contributed by atoms with Gasteiger partial charge in [-0.15, -0.1) is 0 Å². The molecular formula is C21H31N2O4+. The first kappa shape index (κ1) is 20.8. The first-order valence-corrected chi connectivity index (χ1v) is 9.43. The van der Waals surface area contributed by atoms with Crippen molar-refractivity contribution < 1.29 is 24.0 Å². The number of hydrogen-bond acceptors (Lipinski definition) is 4. The average molecular weight is 375 g/mol. The molecule has 0 radical (unpaired) electrons. The fourth-order valence-electron chi connectivity index (χ4n) is 2.91. The molecule has 2 rings (SSSR count). The Balaban J connectivity index is 2.05. The number of methoxy groups -OCH3 is 2. The summed E-state index contributed by atoms with van der Waals surface area (Å²) in [6.45, 7) is 6.54. The average Bonchev–Trinajstić information content (AvgIpc) is 3.09. The van der Waals surface area contributed by atoms with E-state index in [1.807, 2.05) is 42.2 Å². The Morgan fingerprint density at radius 2 is 1.93 bits per heavy atom. The fraction of sp³-hybridized carbons (Fsp3) is 0.476. The van der Waals surface area contributed by atoms with E-state index in [1.165, 1.54) is 0 Å². The van der Waals surface area contributed by atoms with Crippen LogP contribution in [0.4, 0.5) is 0 Å². The lowest BCUT2D eigenvalue weighted by Gasteiger charge is -2.21. The van der Waals surface area contributed by atoms with E-state index < -0.39 is 0 Å². The van der Waals surface area contributed by atoms with Gasteiger partial charge in [0, 0.05) is 6.54 Å². The van der Waals surface area contributed by atoms with Crippen molar-refractivity contribution in [3.8, 4) is 11.5 Å². The van der Waals surface area contributed by atoms with Gasteiger partial charge in [-0.2, -0.15) is 0 Å². The molecule has 2 N–H and O–H groups in total. The zero-order valence-corrected chi connectivity index (χ0v) is 16.8. The molecule has 148 valence electrons. The Bertz CT molecular complexity index is 727. The molecule has 1 aromatic heterocycles. The van der Waals surface area contributed by atoms with Gasteiger partial charge in [0.1, 0.15) is 11.5 Å². The molecular weight excluding hydrogens is 344 g/mol. The second-order valence-corrected chi connectivity index (χ2v) is 6.55. The summed E-state index contributed by atoms with van der Waals surface area (Å²) in [5.74, 6) is 3.19. The lowest BCUT2D eigenvalue weighted by atomic mass is 10.1. The highest BCUT2D eigenvalue weighted by Gasteiger charge is 2.17. The third kappa shape index (κ3) is 6.32. The highest BCUT2D eigenvalue weighted by atomic mass is 16.5. The minimum Gasteiger partial charge on any atom is -0.493 e. The number of quaternary nitrogens is 1. The quantitative estimate of drug-likeness (QED) is 0.611. The fourth-order valence-corrected chi connectivity index (χ4v) is 2.91. The summed E-state index contributed by atoms with van der Waals surface area (Å²) in [5, 5.41) is 2.05. The van der Waals surface area contributed by atoms with Gasteiger partial charge in [-0.3, -0.25) is 4.79 Å². The summed E-state index contributed by atoms with van der Waals surface area (Å²) in [6.07, 6.45) is 1.79. The third-order valence-corrected chi connectivity index (χ3v) is 4.43. The summed E-state index contributed by atoms with van der Waals surface area (Å²) in [4.78, 5) is 14.5. The Labute approximate surface area is 161 Å². The summed E-state index contributed by atoms with van der Waals surface area (Å²) in [7, 11) is 3.25. The van der Waals surface area contributed by atoms with Crippen LogP contribution in [0.3, 0.4) is 0 Å². The first-order valence-electron chi connectivity index (χ1n) is 9.43. The first-order chi connectivity index (χ1) is 13.1. The van der Waals surface area contributed by atoms with Crippen LogP contribution in [-0.4, -0.2) is 44.7 Å². The molecule has 0 saturated carbocycles. The van der Waals surface area contributed by atoms with E-state index in [4.69, 9.17) is 13.9 Å². The molecule has 0 fully saturated rings. The number of benzene rings is 1. The predicted molar refractivity (Wildman–Crippen MR) is 104 cm³/mol. The minimum atomic E-state index is 0.123. The van der Waals surface area contributed by atoms with Gasteiger partial charge in [-0.05, 0) is 49.6 Å². The van der Waals surface area contributed by atoms with Crippen LogP contribution < -0.4 is 14.8 Å². The molecule has 0 unspecified atom stereocenters. The molecule has 0 bridgehead atoms. The Morgan fingerprint density at radius 1 is 1.15 bits per heavy atom. The molecule has 0 saturated heterocycles. The van der Waals surface area contributed by atoms with Crippen molar-refractivity contribution in [2.45, 2.75) is 33.2 Å². The standard InChI is InChI=1S/C21H30N2O4/c1-5-11-22-14-21(24)23(15-18-8-6-16(2)27-18)12-10-17-7-9-19(25-3)20(13-17)26-4/h6-9,13,22H,5,10-12,14-15H2,1-4H3/p+1. The number of amides is 1. The predicted octanol–water partition coefficient (Wildman–Crippen LogP) is 2.15. The van der Waals surface area contributed by atoms with Crippen molar-refractivity contribution in [3.05, 3.63) is 47.4 Å². The number of aryl methyl sites for hydroxylation is 1. The van der Waals surface area contributed by atoms with Crippen molar-refractivity contribution in [1.29, 1.82) is 0 Å². The molecule has 0 aliphatic heterocycles. The molecule has 6 nitrogen and oxygen atoms in total. The Hall–Kier alpha value is -2.47. The van der Waals surface area contributed by atoms with Crippen LogP contribution in [0.5, 0.6) is 11.5 Å². The van der Waals surface area contributed by atoms with Crippen molar-refractivity contribution in [3.63, 3.8) is 0 Å². The molecule has 0 spiro atoms. The van der Waals surface area contributed by atoms with Gasteiger partial charge in [-0.25, -0.2) is 0 Å². The summed E-state index contributed by atoms with van der Waals surface area (Å²) in [5.41, 5.74) is 1.10. The maximum atomic E-state index is 12.7. The van der Waals surface area contributed by atoms with Crippen LogP contribution in [-0.2, 0) is 17.8 Å². The number of hydrogen-bond donors (Lipinski definition) is 1. The number of ether oxygens (including phenoxy) is 2. The van der Waals surface area contributed by atoms with Gasteiger partial charge < -0.3 is 24.1 Å². The Morgan fingerprint density at radius 3 is 2.56 bits per heavy atom. The molecule has 0 atom stereocenters. The lowest BCUT2D eigenvalue weighted by molar-refractivity contribution is -0.644. The summed E-state index contributed by atoms with van der Waals surface area (Å²) >= 11 is 0. The summed E-state index contributed by atoms with van der Waals surface area (Å²) < 4.78 is 16.3. The van der Waals surface area contributed by atoms with Gasteiger partial charge in [0.2, 0.25) is 0 Å². The molecule has 27 heavy (non-hydrogen) atoms. The largest absolute Gasteiger partial charge is 0.493 e. The van der Waals surface area contributed by atoms with E-state index >= 15 is 0 Å². The number of nitrogens with two attached hydrogens (primary N) is 1. The number of nitrogens with zero attached hydrogens (tertiary/aromatic N) is 1. The number of furan rings is 1. The number of carbonyl (C=O) groups is 1. The van der Waals surface area contributed by atoms with Gasteiger partial charge in [0.25, 0.3) is 5.91 Å². The van der Waals surface area contributed by atoms with Crippen molar-refractivity contribution >= 4 is 5.91 Å². The molecule has 2 aromatic rings. The second-order valence-electron chi connectivity index (χ2n) is 6.55. The molecule has 1 aromatic carbocycles. The van der Waals surface area contributed by atoms with Gasteiger partial charge in [0.15, 0.2) is 18.0 Å². The van der Waals surface area contributed by atoms with Gasteiger partial charge in [0.05, 0.1) is 27.3 Å². The SMILES string of the molecule is CCC[NH2+]CC(=O)N(CCc1ccc(OC)c(OC)c1)Cc1ccc(C)o1. The normalized spacial score (nSPS) is 10.7. The van der Waals surface area contributed by atoms with E-state index in [0.717, 1.165) is 36.5 Å². The number of rotatable bonds is 11. The van der Waals surface area contributed by atoms with Crippen LogP contribution >= 0.6 is 0 Å². The maximum Gasteiger partial charge on any atom is 0.278 e. The lowest BCUT2D eigenvalue weighted by Crippen LogP contribution is -2.86. The van der Waals surface area contributed by atoms with Gasteiger partial charge in [-0.1, -0.05) is 13.0 Å². The third-order valence-electron chi connectivity index (χ3n) is 4.43. The second kappa shape index (κ2) is 10.6. The maximum absolute atomic E-state index is 12.7. The smallest absolute Gasteiger partial charge is 0.278 e. The van der Waals surface area contributed by atoms with Crippen molar-refractivity contribution in [1.82, 2.24) is 4.90 Å². The molecule has 1 heterocycles. The van der Waals surface area contributed by atoms with E-state index in [1.54, 1.807) is 14.2 Å². The van der Waals surface area contributed by atoms with Crippen LogP contribution in [0.2, 0.25) is 0 Å². The monoisotopic (exact) mass is 375 g/mol. The Kier molecular flexibility index (Phi) is 8.20. The molecule has 0 aliphatic rings. The molecule has 6 heteroatoms. The highest BCUT2D eigenvalue weighted by Crippen LogP contribution is 2.27. The summed E-state index contributed by atoms with van der Waals surface area (Å²) in [6, 6.07) is 9.72. The van der Waals surface area contributed by atoms with E-state index in [-0.39, 0.29) is 5.91 Å². The topological polar surface area (TPSA) is 68.5 Å². The van der Waals surface area contributed by atoms with Crippen LogP contribution in [0.25, 0.3) is 0 Å². The number of carbonyl (C=O) groups excluding carboxylic acids is 1. The molecule has 1 amide bonds. The van der Waals surface area contributed by atoms with Crippen molar-refractivity contribution in [2.75, 3.05) is 33.9 Å². The minimum absolute atomic E-state index is 0.123. The van der Waals surface area contributed by atoms with Crippen LogP contribution in [0.15, 0.2) is 34.7 Å². The van der Waals surface area contributed by atoms with E-state index in [0.29, 0.717) is 31.1 Å². The zero-order valence-electron chi connectivity index (χ0n) is 16.8. The molecule has 0 aliphatic carbocycles. The zero-order chi connectivity index (χ0) is 19.6. The van der Waals surface area contributed by atoms with E-state index in [2.05, 4.69) is 12.2 Å². The van der Waals surface area contributed by atoms with Crippen LogP contribution in [0, 0.1) is 6.92 Å².